The molecule has 8 amide bonds. The molecule has 25 heteroatoms. The molecule has 0 unspecified atom stereocenters. The van der Waals surface area contributed by atoms with Crippen LogP contribution in [-0.4, -0.2) is 137 Å². The predicted octanol–water partition coefficient (Wildman–Crippen LogP) is -3.51. The van der Waals surface area contributed by atoms with Gasteiger partial charge in [-0.05, 0) is 56.2 Å². The normalized spacial score (nSPS) is 21.4. The van der Waals surface area contributed by atoms with Crippen LogP contribution in [0.2, 0.25) is 0 Å². The highest BCUT2D eigenvalue weighted by molar-refractivity contribution is 5.98. The van der Waals surface area contributed by atoms with E-state index < -0.39 is 115 Å². The summed E-state index contributed by atoms with van der Waals surface area (Å²) in [7, 11) is 0. The van der Waals surface area contributed by atoms with E-state index in [-0.39, 0.29) is 63.5 Å². The van der Waals surface area contributed by atoms with Gasteiger partial charge in [0.2, 0.25) is 47.3 Å². The highest BCUT2D eigenvalue weighted by Crippen LogP contribution is 2.20. The second-order valence-electron chi connectivity index (χ2n) is 16.6. The molecule has 70 heavy (non-hydrogen) atoms. The molecule has 1 aliphatic rings. The van der Waals surface area contributed by atoms with Gasteiger partial charge in [0, 0.05) is 62.9 Å². The van der Waals surface area contributed by atoms with Crippen molar-refractivity contribution in [2.75, 3.05) is 19.6 Å². The molecular weight excluding hydrogens is 911 g/mol. The van der Waals surface area contributed by atoms with Gasteiger partial charge in [-0.3, -0.25) is 48.3 Å². The quantitative estimate of drug-likeness (QED) is 0.0376. The molecular formula is C45H63N15O10. The number of benzene rings is 2. The van der Waals surface area contributed by atoms with Gasteiger partial charge in [-0.2, -0.15) is 0 Å². The molecule has 1 aliphatic heterocycles. The molecule has 1 saturated heterocycles. The number of carboxylic acid groups (broad SMARTS) is 1. The predicted molar refractivity (Wildman–Crippen MR) is 257 cm³/mol. The van der Waals surface area contributed by atoms with E-state index in [1.807, 2.05) is 0 Å². The third-order valence-corrected chi connectivity index (χ3v) is 11.0. The Hall–Kier alpha value is -8.25. The first-order chi connectivity index (χ1) is 33.3. The Morgan fingerprint density at radius 2 is 1.34 bits per heavy atom. The van der Waals surface area contributed by atoms with Gasteiger partial charge in [0.05, 0.1) is 0 Å². The van der Waals surface area contributed by atoms with Crippen LogP contribution in [0.3, 0.4) is 0 Å². The fourth-order valence-electron chi connectivity index (χ4n) is 7.39. The van der Waals surface area contributed by atoms with Crippen LogP contribution in [0.1, 0.15) is 63.5 Å². The summed E-state index contributed by atoms with van der Waals surface area (Å²) in [5.41, 5.74) is 23.8. The first kappa shape index (κ1) is 54.4. The number of carbonyl (C=O) groups is 9. The van der Waals surface area contributed by atoms with Crippen molar-refractivity contribution in [2.24, 2.45) is 32.9 Å². The molecule has 378 valence electrons. The largest absolute Gasteiger partial charge is 0.480 e. The number of H-pyrrole nitrogens is 1. The number of amides is 8. The van der Waals surface area contributed by atoms with Crippen LogP contribution in [0.4, 0.5) is 0 Å². The zero-order chi connectivity index (χ0) is 51.3. The molecule has 2 aromatic carbocycles. The SMILES string of the molecule is CC(=O)N[C@@H](CCCN=C(N)N)C(=O)N[C@H]1CNC(=O)CC[C@@H](C(=O)O)NC(=O)[C@H](Cc2c[nH]c3ccccc23)NC(=O)[C@H](CCCN=C(N)N)NC(=O)[C@@H](Cc2ccccc2)NC(=O)[C@H](C)NC1=O. The third kappa shape index (κ3) is 17.8. The number of para-hydroxylation sites is 1. The Bertz CT molecular complexity index is 2400. The highest BCUT2D eigenvalue weighted by Gasteiger charge is 2.34. The first-order valence-electron chi connectivity index (χ1n) is 22.6. The van der Waals surface area contributed by atoms with Gasteiger partial charge in [-0.1, -0.05) is 48.5 Å². The Morgan fingerprint density at radius 3 is 2.01 bits per heavy atom. The van der Waals surface area contributed by atoms with Gasteiger partial charge >= 0.3 is 5.97 Å². The van der Waals surface area contributed by atoms with Crippen LogP contribution in [0.25, 0.3) is 10.9 Å². The van der Waals surface area contributed by atoms with Gasteiger partial charge in [-0.25, -0.2) is 4.79 Å². The number of hydrogen-bond acceptors (Lipinski definition) is 11. The second kappa shape index (κ2) is 26.9. The molecule has 25 nitrogen and oxygen atoms in total. The standard InChI is InChI=1S/C45H63N15O10/c1-24-37(63)58-33(20-26-10-4-3-5-11-26)40(66)56-31(15-9-19-51-45(48)49)39(65)59-34(21-27-22-52-29-13-7-6-12-28(27)29)41(67)57-32(43(69)70)16-17-36(62)53-23-35(42(68)54-24)60-38(64)30(55-25(2)61)14-8-18-50-44(46)47/h3-7,10-13,22,24,30-35,52H,8-9,14-21,23H2,1-2H3,(H,53,62)(H,54,68)(H,55,61)(H,56,66)(H,57,67)(H,58,63)(H,59,65)(H,60,64)(H,69,70)(H4,46,47,50)(H4,48,49,51)/t24-,30-,31-,32-,33+,34-,35-/m0/s1. The van der Waals surface area contributed by atoms with E-state index in [4.69, 9.17) is 22.9 Å². The maximum atomic E-state index is 14.4. The third-order valence-electron chi connectivity index (χ3n) is 11.0. The highest BCUT2D eigenvalue weighted by atomic mass is 16.4. The van der Waals surface area contributed by atoms with Gasteiger partial charge in [-0.15, -0.1) is 0 Å². The van der Waals surface area contributed by atoms with Crippen LogP contribution in [0.5, 0.6) is 0 Å². The molecule has 7 atom stereocenters. The van der Waals surface area contributed by atoms with Crippen molar-refractivity contribution in [2.45, 2.75) is 108 Å². The van der Waals surface area contributed by atoms with Crippen molar-refractivity contribution in [3.8, 4) is 0 Å². The smallest absolute Gasteiger partial charge is 0.326 e. The van der Waals surface area contributed by atoms with Gasteiger partial charge in [0.15, 0.2) is 11.9 Å². The minimum absolute atomic E-state index is 0.0236. The lowest BCUT2D eigenvalue weighted by Crippen LogP contribution is -2.60. The van der Waals surface area contributed by atoms with E-state index in [0.717, 1.165) is 5.52 Å². The molecule has 3 aromatic rings. The Labute approximate surface area is 402 Å². The molecule has 2 heterocycles. The number of aliphatic imine (C=N–C) groups is 2. The minimum Gasteiger partial charge on any atom is -0.480 e. The van der Waals surface area contributed by atoms with E-state index in [0.29, 0.717) is 16.5 Å². The van der Waals surface area contributed by atoms with Gasteiger partial charge < -0.3 is 75.6 Å². The second-order valence-corrected chi connectivity index (χ2v) is 16.6. The van der Waals surface area contributed by atoms with Gasteiger partial charge in [0.1, 0.15) is 42.3 Å². The summed E-state index contributed by atoms with van der Waals surface area (Å²) in [5, 5.41) is 31.4. The maximum absolute atomic E-state index is 14.4. The Balaban J connectivity index is 1.74. The van der Waals surface area contributed by atoms with Crippen LogP contribution in [0.15, 0.2) is 70.8 Å². The van der Waals surface area contributed by atoms with Crippen molar-refractivity contribution in [3.63, 3.8) is 0 Å². The van der Waals surface area contributed by atoms with Crippen molar-refractivity contribution in [1.29, 1.82) is 0 Å². The van der Waals surface area contributed by atoms with Crippen molar-refractivity contribution in [1.82, 2.24) is 47.5 Å². The summed E-state index contributed by atoms with van der Waals surface area (Å²) in [6, 6.07) is 5.73. The van der Waals surface area contributed by atoms with E-state index in [1.54, 1.807) is 60.8 Å². The lowest BCUT2D eigenvalue weighted by atomic mass is 10.0. The average Bonchev–Trinajstić information content (AvgIpc) is 3.72. The topological polar surface area (TPSA) is 415 Å². The van der Waals surface area contributed by atoms with E-state index in [2.05, 4.69) is 57.5 Å². The zero-order valence-electron chi connectivity index (χ0n) is 38.9. The number of aromatic amines is 1. The molecule has 0 bridgehead atoms. The number of guanidine groups is 2. The number of aromatic nitrogens is 1. The summed E-state index contributed by atoms with van der Waals surface area (Å²) < 4.78 is 0. The molecule has 0 saturated carbocycles. The maximum Gasteiger partial charge on any atom is 0.326 e. The molecule has 1 fully saturated rings. The summed E-state index contributed by atoms with van der Waals surface area (Å²) >= 11 is 0. The van der Waals surface area contributed by atoms with Crippen molar-refractivity contribution < 1.29 is 48.3 Å². The summed E-state index contributed by atoms with van der Waals surface area (Å²) in [4.78, 5) is 133. The monoisotopic (exact) mass is 973 g/mol. The fourth-order valence-corrected chi connectivity index (χ4v) is 7.39. The minimum atomic E-state index is -1.67. The van der Waals surface area contributed by atoms with Crippen LogP contribution in [0, 0.1) is 0 Å². The van der Waals surface area contributed by atoms with Crippen LogP contribution in [-0.2, 0) is 56.0 Å². The van der Waals surface area contributed by atoms with Gasteiger partial charge in [0.25, 0.3) is 0 Å². The van der Waals surface area contributed by atoms with Crippen LogP contribution >= 0.6 is 0 Å². The number of aliphatic carboxylic acids is 1. The number of fused-ring (bicyclic) bond motifs is 1. The average molecular weight is 974 g/mol. The lowest BCUT2D eigenvalue weighted by Gasteiger charge is -2.27. The molecule has 0 radical (unpaired) electrons. The number of carboxylic acids is 1. The van der Waals surface area contributed by atoms with E-state index >= 15 is 0 Å². The summed E-state index contributed by atoms with van der Waals surface area (Å²) in [5.74, 6) is -8.56. The molecule has 0 aliphatic carbocycles. The number of nitrogens with two attached hydrogens (primary N) is 4. The zero-order valence-corrected chi connectivity index (χ0v) is 38.9. The number of hydrogen-bond donors (Lipinski definition) is 14. The number of carbonyl (C=O) groups excluding carboxylic acids is 8. The Morgan fingerprint density at radius 1 is 0.743 bits per heavy atom. The van der Waals surface area contributed by atoms with Crippen molar-refractivity contribution in [3.05, 3.63) is 71.9 Å². The van der Waals surface area contributed by atoms with E-state index in [1.165, 1.54) is 13.8 Å². The summed E-state index contributed by atoms with van der Waals surface area (Å²) in [6.45, 7) is 2.06. The first-order valence-corrected chi connectivity index (χ1v) is 22.6. The number of nitrogens with zero attached hydrogens (tertiary/aromatic N) is 2. The molecule has 4 rings (SSSR count). The molecule has 18 N–H and O–H groups in total. The lowest BCUT2D eigenvalue weighted by molar-refractivity contribution is -0.142. The van der Waals surface area contributed by atoms with Crippen LogP contribution < -0.4 is 65.5 Å². The number of nitrogens with one attached hydrogen (secondary N) is 9. The fraction of sp³-hybridized carbons (Fsp3) is 0.444. The molecule has 0 spiro atoms. The number of rotatable bonds is 16. The Kier molecular flexibility index (Phi) is 20.9. The molecule has 1 aromatic heterocycles. The van der Waals surface area contributed by atoms with E-state index in [9.17, 15) is 48.3 Å². The van der Waals surface area contributed by atoms with Crippen molar-refractivity contribution >= 4 is 76.0 Å². The summed E-state index contributed by atoms with van der Waals surface area (Å²) in [6.07, 6.45) is 0.745.